The highest BCUT2D eigenvalue weighted by molar-refractivity contribution is 7.86. The Morgan fingerprint density at radius 2 is 1.69 bits per heavy atom. The third-order valence-corrected chi connectivity index (χ3v) is 5.19. The zero-order chi connectivity index (χ0) is 23.5. The maximum Gasteiger partial charge on any atom is 0.485 e. The van der Waals surface area contributed by atoms with Crippen molar-refractivity contribution in [2.45, 2.75) is 5.51 Å². The van der Waals surface area contributed by atoms with Crippen molar-refractivity contribution in [1.82, 2.24) is 4.98 Å². The lowest BCUT2D eigenvalue weighted by Gasteiger charge is -2.08. The molecule has 0 aliphatic rings. The molecule has 0 unspecified atom stereocenters. The second-order valence-corrected chi connectivity index (χ2v) is 8.05. The van der Waals surface area contributed by atoms with Gasteiger partial charge in [-0.1, -0.05) is 24.3 Å². The van der Waals surface area contributed by atoms with E-state index in [1.165, 1.54) is 10.9 Å². The molecule has 1 N–H and O–H groups in total. The lowest BCUT2D eigenvalue weighted by Crippen LogP contribution is -2.32. The minimum absolute atomic E-state index is 0.207. The van der Waals surface area contributed by atoms with Crippen molar-refractivity contribution in [2.24, 2.45) is 7.05 Å². The van der Waals surface area contributed by atoms with E-state index in [0.717, 1.165) is 16.6 Å². The first kappa shape index (κ1) is 23.2. The maximum atomic E-state index is 10.7. The van der Waals surface area contributed by atoms with Gasteiger partial charge >= 0.3 is 5.51 Å². The van der Waals surface area contributed by atoms with Gasteiger partial charge in [0, 0.05) is 35.2 Å². The number of phenolic OH excluding ortho intramolecular Hbond substituents is 1. The number of aromatic nitrogens is 2. The van der Waals surface area contributed by atoms with Crippen LogP contribution in [-0.4, -0.2) is 28.6 Å². The van der Waals surface area contributed by atoms with Gasteiger partial charge in [0.15, 0.2) is 10.1 Å². The number of aromatic hydroxyl groups is 1. The van der Waals surface area contributed by atoms with Crippen molar-refractivity contribution in [1.29, 1.82) is 0 Å². The summed E-state index contributed by atoms with van der Waals surface area (Å²) < 4.78 is 61.1. The van der Waals surface area contributed by atoms with Crippen LogP contribution in [0.1, 0.15) is 11.3 Å². The number of phenols is 1. The van der Waals surface area contributed by atoms with Gasteiger partial charge in [0.1, 0.15) is 18.3 Å². The quantitative estimate of drug-likeness (QED) is 0.275. The van der Waals surface area contributed by atoms with Gasteiger partial charge < -0.3 is 9.66 Å². The third-order valence-electron chi connectivity index (χ3n) is 4.62. The number of alkyl halides is 3. The number of para-hydroxylation sites is 1. The zero-order valence-electron chi connectivity index (χ0n) is 16.6. The Kier molecular flexibility index (Phi) is 6.47. The smallest absolute Gasteiger partial charge is 0.485 e. The normalized spacial score (nSPS) is 12.2. The molecule has 0 bridgehead atoms. The Morgan fingerprint density at radius 1 is 1.00 bits per heavy atom. The van der Waals surface area contributed by atoms with Gasteiger partial charge in [-0.2, -0.15) is 17.7 Å². The fourth-order valence-corrected chi connectivity index (χ4v) is 3.03. The molecule has 0 fully saturated rings. The topological polar surface area (TPSA) is 94.2 Å². The van der Waals surface area contributed by atoms with E-state index in [0.29, 0.717) is 5.52 Å². The standard InChI is InChI=1S/C21H16N2O.CHF3O3S/c1-23-17(12-9-16-5-2-3-7-19(16)23)11-8-15-10-13-20(24)21-18(15)6-4-14-22-21;2-1(3,4)8(5,6)7/h2-14H,1H3;(H,5,6,7). The van der Waals surface area contributed by atoms with Gasteiger partial charge in [-0.15, -0.1) is 0 Å². The lowest BCUT2D eigenvalue weighted by molar-refractivity contribution is -0.646. The van der Waals surface area contributed by atoms with Crippen LogP contribution >= 0.6 is 0 Å². The predicted octanol–water partition coefficient (Wildman–Crippen LogP) is 4.14. The molecule has 4 aromatic rings. The predicted molar refractivity (Wildman–Crippen MR) is 113 cm³/mol. The molecule has 2 aromatic carbocycles. The van der Waals surface area contributed by atoms with Crippen LogP contribution in [0, 0.1) is 0 Å². The van der Waals surface area contributed by atoms with Gasteiger partial charge in [0.2, 0.25) is 11.2 Å². The summed E-state index contributed by atoms with van der Waals surface area (Å²) in [6, 6.07) is 20.0. The first-order chi connectivity index (χ1) is 15.0. The molecule has 0 aliphatic heterocycles. The molecule has 2 heterocycles. The van der Waals surface area contributed by atoms with Gasteiger partial charge in [-0.25, -0.2) is 8.42 Å². The second kappa shape index (κ2) is 8.93. The molecule has 32 heavy (non-hydrogen) atoms. The van der Waals surface area contributed by atoms with Crippen LogP contribution in [0.3, 0.4) is 0 Å². The molecule has 166 valence electrons. The Hall–Kier alpha value is -3.50. The number of aryl methyl sites for hydroxylation is 1. The van der Waals surface area contributed by atoms with Crippen molar-refractivity contribution < 1.29 is 35.8 Å². The van der Waals surface area contributed by atoms with E-state index < -0.39 is 15.6 Å². The number of hydrogen-bond donors (Lipinski definition) is 1. The fourth-order valence-electron chi connectivity index (χ4n) is 3.03. The summed E-state index contributed by atoms with van der Waals surface area (Å²) in [7, 11) is -4.02. The van der Waals surface area contributed by atoms with Crippen LogP contribution in [0.25, 0.3) is 34.0 Å². The molecule has 4 rings (SSSR count). The zero-order valence-corrected chi connectivity index (χ0v) is 17.4. The monoisotopic (exact) mass is 462 g/mol. The molecule has 0 radical (unpaired) electrons. The number of pyridine rings is 2. The molecule has 0 saturated heterocycles. The summed E-state index contributed by atoms with van der Waals surface area (Å²) in [6.07, 6.45) is 5.84. The van der Waals surface area contributed by atoms with Gasteiger partial charge in [-0.05, 0) is 35.9 Å². The van der Waals surface area contributed by atoms with Crippen LogP contribution in [0.5, 0.6) is 5.75 Å². The Morgan fingerprint density at radius 3 is 2.38 bits per heavy atom. The van der Waals surface area contributed by atoms with E-state index >= 15 is 0 Å². The lowest BCUT2D eigenvalue weighted by atomic mass is 10.1. The van der Waals surface area contributed by atoms with Crippen molar-refractivity contribution >= 4 is 44.1 Å². The first-order valence-electron chi connectivity index (χ1n) is 9.14. The average Bonchev–Trinajstić information content (AvgIpc) is 2.74. The van der Waals surface area contributed by atoms with Crippen LogP contribution < -0.4 is 4.57 Å². The van der Waals surface area contributed by atoms with Crippen LogP contribution in [0.15, 0.2) is 66.9 Å². The first-order valence-corrected chi connectivity index (χ1v) is 10.5. The Balaban J connectivity index is 0.000000312. The summed E-state index contributed by atoms with van der Waals surface area (Å²) in [5.41, 5.74) is -1.69. The fraction of sp³-hybridized carbons (Fsp3) is 0.0909. The van der Waals surface area contributed by atoms with E-state index in [2.05, 4.69) is 59.1 Å². The van der Waals surface area contributed by atoms with Crippen molar-refractivity contribution in [3.05, 3.63) is 78.1 Å². The van der Waals surface area contributed by atoms with E-state index in [4.69, 9.17) is 13.0 Å². The van der Waals surface area contributed by atoms with Gasteiger partial charge in [0.05, 0.1) is 0 Å². The van der Waals surface area contributed by atoms with Crippen LogP contribution in [0.2, 0.25) is 0 Å². The van der Waals surface area contributed by atoms with E-state index in [-0.39, 0.29) is 5.75 Å². The Bertz CT molecular complexity index is 1420. The van der Waals surface area contributed by atoms with Crippen molar-refractivity contribution in [3.8, 4) is 5.75 Å². The summed E-state index contributed by atoms with van der Waals surface area (Å²) in [4.78, 5) is 4.27. The Labute approximate surface area is 181 Å². The summed E-state index contributed by atoms with van der Waals surface area (Å²) in [5, 5.41) is 12.1. The minimum Gasteiger partial charge on any atom is -0.741 e. The molecule has 0 saturated carbocycles. The molecular weight excluding hydrogens is 445 g/mol. The summed E-state index contributed by atoms with van der Waals surface area (Å²) in [5.74, 6) is 0.207. The molecule has 0 amide bonds. The highest BCUT2D eigenvalue weighted by atomic mass is 32.2. The highest BCUT2D eigenvalue weighted by Crippen LogP contribution is 2.26. The number of fused-ring (bicyclic) bond motifs is 2. The molecule has 10 heteroatoms. The van der Waals surface area contributed by atoms with Crippen molar-refractivity contribution in [3.63, 3.8) is 0 Å². The van der Waals surface area contributed by atoms with Gasteiger partial charge in [-0.3, -0.25) is 4.98 Å². The third kappa shape index (κ3) is 5.04. The summed E-state index contributed by atoms with van der Waals surface area (Å²) >= 11 is 0. The largest absolute Gasteiger partial charge is 0.741 e. The molecule has 0 aliphatic carbocycles. The molecule has 2 aromatic heterocycles. The van der Waals surface area contributed by atoms with E-state index in [1.54, 1.807) is 12.3 Å². The number of nitrogens with zero attached hydrogens (tertiary/aromatic N) is 2. The van der Waals surface area contributed by atoms with E-state index in [9.17, 15) is 18.3 Å². The summed E-state index contributed by atoms with van der Waals surface area (Å²) in [6.45, 7) is 0. The number of halogens is 3. The molecule has 6 nitrogen and oxygen atoms in total. The maximum absolute atomic E-state index is 10.7. The van der Waals surface area contributed by atoms with E-state index in [1.807, 2.05) is 24.3 Å². The second-order valence-electron chi connectivity index (χ2n) is 6.68. The highest BCUT2D eigenvalue weighted by Gasteiger charge is 2.36. The minimum atomic E-state index is -6.09. The molecule has 0 atom stereocenters. The average molecular weight is 462 g/mol. The SMILES string of the molecule is C[n+]1c(C=Cc2ccc(O)c3ncccc23)ccc2ccccc21.O=S(=O)([O-])C(F)(F)F. The number of hydrogen-bond acceptors (Lipinski definition) is 5. The molecular formula is C22H17F3N2O4S. The van der Waals surface area contributed by atoms with Crippen molar-refractivity contribution in [2.75, 3.05) is 0 Å². The van der Waals surface area contributed by atoms with Crippen LogP contribution in [0.4, 0.5) is 13.2 Å². The van der Waals surface area contributed by atoms with Crippen LogP contribution in [-0.2, 0) is 17.2 Å². The molecule has 0 spiro atoms. The van der Waals surface area contributed by atoms with Gasteiger partial charge in [0.25, 0.3) is 0 Å². The number of benzene rings is 2. The number of rotatable bonds is 2.